The summed E-state index contributed by atoms with van der Waals surface area (Å²) in [5, 5.41) is 0. The molecule has 98 valence electrons. The Bertz CT molecular complexity index is 292. The van der Waals surface area contributed by atoms with E-state index in [1.165, 1.54) is 0 Å². The average molecular weight is 250 g/mol. The van der Waals surface area contributed by atoms with Gasteiger partial charge < -0.3 is 5.73 Å². The SMILES string of the molecule is CC(C)CS(=O)(=O)NCC(N)CC(C)(C)C. The molecule has 5 heteroatoms. The van der Waals surface area contributed by atoms with E-state index in [1.807, 2.05) is 13.8 Å². The number of hydrogen-bond acceptors (Lipinski definition) is 3. The lowest BCUT2D eigenvalue weighted by Crippen LogP contribution is -2.40. The van der Waals surface area contributed by atoms with Crippen LogP contribution in [0.15, 0.2) is 0 Å². The molecule has 1 atom stereocenters. The zero-order valence-corrected chi connectivity index (χ0v) is 11.9. The van der Waals surface area contributed by atoms with E-state index < -0.39 is 10.0 Å². The van der Waals surface area contributed by atoms with Gasteiger partial charge in [-0.2, -0.15) is 0 Å². The van der Waals surface area contributed by atoms with Gasteiger partial charge in [0.15, 0.2) is 0 Å². The van der Waals surface area contributed by atoms with Crippen molar-refractivity contribution in [3.05, 3.63) is 0 Å². The Balaban J connectivity index is 4.06. The van der Waals surface area contributed by atoms with Crippen LogP contribution in [0.2, 0.25) is 0 Å². The third-order valence-electron chi connectivity index (χ3n) is 1.99. The van der Waals surface area contributed by atoms with Gasteiger partial charge in [-0.15, -0.1) is 0 Å². The molecular formula is C11H26N2O2S. The minimum absolute atomic E-state index is 0.123. The van der Waals surface area contributed by atoms with E-state index in [0.717, 1.165) is 6.42 Å². The van der Waals surface area contributed by atoms with Gasteiger partial charge in [-0.3, -0.25) is 0 Å². The van der Waals surface area contributed by atoms with Crippen molar-refractivity contribution in [2.45, 2.75) is 47.1 Å². The summed E-state index contributed by atoms with van der Waals surface area (Å²) in [7, 11) is -3.16. The van der Waals surface area contributed by atoms with Crippen molar-refractivity contribution in [1.29, 1.82) is 0 Å². The molecule has 3 N–H and O–H groups in total. The molecule has 0 saturated carbocycles. The molecule has 0 radical (unpaired) electrons. The van der Waals surface area contributed by atoms with E-state index in [0.29, 0.717) is 6.54 Å². The average Bonchev–Trinajstić information content (AvgIpc) is 1.95. The summed E-state index contributed by atoms with van der Waals surface area (Å²) >= 11 is 0. The van der Waals surface area contributed by atoms with Crippen LogP contribution in [0, 0.1) is 11.3 Å². The van der Waals surface area contributed by atoms with Crippen molar-refractivity contribution in [3.63, 3.8) is 0 Å². The Labute approximate surface area is 100 Å². The molecule has 0 rings (SSSR count). The molecule has 0 heterocycles. The van der Waals surface area contributed by atoms with Gasteiger partial charge in [0, 0.05) is 12.6 Å². The molecule has 0 aromatic rings. The topological polar surface area (TPSA) is 72.2 Å². The lowest BCUT2D eigenvalue weighted by atomic mass is 9.88. The van der Waals surface area contributed by atoms with Crippen LogP contribution in [-0.4, -0.2) is 26.8 Å². The highest BCUT2D eigenvalue weighted by Gasteiger charge is 2.18. The van der Waals surface area contributed by atoms with Crippen LogP contribution in [0.4, 0.5) is 0 Å². The smallest absolute Gasteiger partial charge is 0.211 e. The van der Waals surface area contributed by atoms with Crippen molar-refractivity contribution in [3.8, 4) is 0 Å². The van der Waals surface area contributed by atoms with E-state index in [2.05, 4.69) is 25.5 Å². The van der Waals surface area contributed by atoms with E-state index >= 15 is 0 Å². The summed E-state index contributed by atoms with van der Waals surface area (Å²) in [6, 6.07) is -0.123. The normalized spacial score (nSPS) is 15.4. The first-order valence-electron chi connectivity index (χ1n) is 5.75. The molecule has 1 unspecified atom stereocenters. The van der Waals surface area contributed by atoms with Crippen molar-refractivity contribution >= 4 is 10.0 Å². The Morgan fingerprint density at radius 3 is 2.12 bits per heavy atom. The Morgan fingerprint density at radius 1 is 1.25 bits per heavy atom. The minimum Gasteiger partial charge on any atom is -0.326 e. The van der Waals surface area contributed by atoms with Crippen molar-refractivity contribution < 1.29 is 8.42 Å². The summed E-state index contributed by atoms with van der Waals surface area (Å²) in [6.45, 7) is 10.4. The zero-order chi connectivity index (χ0) is 13.0. The van der Waals surface area contributed by atoms with Gasteiger partial charge in [0.25, 0.3) is 0 Å². The second kappa shape index (κ2) is 5.98. The molecule has 0 spiro atoms. The van der Waals surface area contributed by atoms with Gasteiger partial charge in [0.05, 0.1) is 5.75 Å². The van der Waals surface area contributed by atoms with E-state index in [1.54, 1.807) is 0 Å². The third-order valence-corrected chi connectivity index (χ3v) is 3.70. The Kier molecular flexibility index (Phi) is 5.93. The lowest BCUT2D eigenvalue weighted by molar-refractivity contribution is 0.338. The van der Waals surface area contributed by atoms with Crippen LogP contribution >= 0.6 is 0 Å². The first kappa shape index (κ1) is 15.9. The highest BCUT2D eigenvalue weighted by atomic mass is 32.2. The summed E-state index contributed by atoms with van der Waals surface area (Å²) in [6.07, 6.45) is 0.803. The number of nitrogens with one attached hydrogen (secondary N) is 1. The van der Waals surface area contributed by atoms with Crippen LogP contribution in [0.5, 0.6) is 0 Å². The molecule has 0 amide bonds. The minimum atomic E-state index is -3.16. The summed E-state index contributed by atoms with van der Waals surface area (Å²) in [5.74, 6) is 0.297. The number of hydrogen-bond donors (Lipinski definition) is 2. The van der Waals surface area contributed by atoms with Crippen LogP contribution in [0.3, 0.4) is 0 Å². The fourth-order valence-corrected chi connectivity index (χ4v) is 3.05. The van der Waals surface area contributed by atoms with Crippen LogP contribution in [0.1, 0.15) is 41.0 Å². The monoisotopic (exact) mass is 250 g/mol. The second-order valence-electron chi connectivity index (χ2n) is 6.05. The van der Waals surface area contributed by atoms with Crippen LogP contribution in [-0.2, 0) is 10.0 Å². The predicted octanol–water partition coefficient (Wildman–Crippen LogP) is 1.33. The summed E-state index contributed by atoms with van der Waals surface area (Å²) in [5.41, 5.74) is 6.00. The van der Waals surface area contributed by atoms with E-state index in [4.69, 9.17) is 5.73 Å². The molecule has 0 aliphatic rings. The molecule has 0 aliphatic heterocycles. The van der Waals surface area contributed by atoms with E-state index in [-0.39, 0.29) is 23.1 Å². The number of sulfonamides is 1. The number of rotatable bonds is 6. The molecule has 0 aromatic heterocycles. The molecule has 0 saturated heterocycles. The summed E-state index contributed by atoms with van der Waals surface area (Å²) in [4.78, 5) is 0. The van der Waals surface area contributed by atoms with Gasteiger partial charge in [-0.25, -0.2) is 13.1 Å². The van der Waals surface area contributed by atoms with Gasteiger partial charge in [-0.1, -0.05) is 34.6 Å². The molecule has 0 aliphatic carbocycles. The molecule has 0 bridgehead atoms. The summed E-state index contributed by atoms with van der Waals surface area (Å²) < 4.78 is 25.6. The first-order valence-corrected chi connectivity index (χ1v) is 7.40. The van der Waals surface area contributed by atoms with E-state index in [9.17, 15) is 8.42 Å². The van der Waals surface area contributed by atoms with Crippen LogP contribution < -0.4 is 10.5 Å². The van der Waals surface area contributed by atoms with Gasteiger partial charge >= 0.3 is 0 Å². The van der Waals surface area contributed by atoms with Gasteiger partial charge in [0.1, 0.15) is 0 Å². The lowest BCUT2D eigenvalue weighted by Gasteiger charge is -2.23. The highest BCUT2D eigenvalue weighted by Crippen LogP contribution is 2.19. The zero-order valence-electron chi connectivity index (χ0n) is 11.1. The van der Waals surface area contributed by atoms with Crippen LogP contribution in [0.25, 0.3) is 0 Å². The fourth-order valence-electron chi connectivity index (χ4n) is 1.59. The maximum Gasteiger partial charge on any atom is 0.211 e. The van der Waals surface area contributed by atoms with Gasteiger partial charge in [-0.05, 0) is 17.8 Å². The Hall–Kier alpha value is -0.130. The maximum absolute atomic E-state index is 11.5. The van der Waals surface area contributed by atoms with Crippen molar-refractivity contribution in [2.24, 2.45) is 17.1 Å². The molecule has 4 nitrogen and oxygen atoms in total. The third kappa shape index (κ3) is 9.12. The van der Waals surface area contributed by atoms with Crippen molar-refractivity contribution in [1.82, 2.24) is 4.72 Å². The molecule has 0 fully saturated rings. The highest BCUT2D eigenvalue weighted by molar-refractivity contribution is 7.89. The first-order chi connectivity index (χ1) is 7.02. The standard InChI is InChI=1S/C11H26N2O2S/c1-9(2)8-16(14,15)13-7-10(12)6-11(3,4)5/h9-10,13H,6-8,12H2,1-5H3. The Morgan fingerprint density at radius 2 is 1.75 bits per heavy atom. The molecular weight excluding hydrogens is 224 g/mol. The largest absolute Gasteiger partial charge is 0.326 e. The maximum atomic E-state index is 11.5. The molecule has 16 heavy (non-hydrogen) atoms. The van der Waals surface area contributed by atoms with Crippen molar-refractivity contribution in [2.75, 3.05) is 12.3 Å². The quantitative estimate of drug-likeness (QED) is 0.747. The predicted molar refractivity (Wildman–Crippen MR) is 68.7 cm³/mol. The fraction of sp³-hybridized carbons (Fsp3) is 1.00. The molecule has 0 aromatic carbocycles. The number of nitrogens with two attached hydrogens (primary N) is 1. The van der Waals surface area contributed by atoms with Gasteiger partial charge in [0.2, 0.25) is 10.0 Å². The second-order valence-corrected chi connectivity index (χ2v) is 7.90.